The molecule has 2 radical (unpaired) electrons. The molecule has 0 bridgehead atoms. The average molecular weight is 433 g/mol. The number of piperidine rings is 1. The van der Waals surface area contributed by atoms with Crippen molar-refractivity contribution in [2.45, 2.75) is 31.8 Å². The van der Waals surface area contributed by atoms with Crippen molar-refractivity contribution in [3.05, 3.63) is 83.4 Å². The Morgan fingerprint density at radius 3 is 2.64 bits per heavy atom. The fraction of sp³-hybridized carbons (Fsp3) is 0.280. The molecule has 0 amide bonds. The largest absolute Gasteiger partial charge is 0.366 e. The lowest BCUT2D eigenvalue weighted by Gasteiger charge is -2.32. The lowest BCUT2D eigenvalue weighted by atomic mass is 9.92. The van der Waals surface area contributed by atoms with E-state index in [0.717, 1.165) is 49.6 Å². The number of hydrogen-bond acceptors (Lipinski definition) is 6. The summed E-state index contributed by atoms with van der Waals surface area (Å²) in [6, 6.07) is 16.1. The fourth-order valence-electron chi connectivity index (χ4n) is 4.36. The normalized spacial score (nSPS) is 14.9. The predicted molar refractivity (Wildman–Crippen MR) is 128 cm³/mol. The second-order valence-corrected chi connectivity index (χ2v) is 8.48. The van der Waals surface area contributed by atoms with Gasteiger partial charge in [-0.2, -0.15) is 14.9 Å². The lowest BCUT2D eigenvalue weighted by Crippen LogP contribution is -2.32. The molecule has 0 aliphatic carbocycles. The third-order valence-electron chi connectivity index (χ3n) is 6.21. The van der Waals surface area contributed by atoms with Crippen LogP contribution < -0.4 is 10.8 Å². The van der Waals surface area contributed by atoms with Gasteiger partial charge in [0.2, 0.25) is 0 Å². The first-order valence-corrected chi connectivity index (χ1v) is 11.2. The second-order valence-electron chi connectivity index (χ2n) is 8.48. The van der Waals surface area contributed by atoms with E-state index in [-0.39, 0.29) is 0 Å². The molecule has 1 saturated heterocycles. The van der Waals surface area contributed by atoms with Crippen molar-refractivity contribution >= 4 is 24.8 Å². The maximum absolute atomic E-state index is 8.98. The first-order valence-electron chi connectivity index (χ1n) is 11.2. The van der Waals surface area contributed by atoms with Gasteiger partial charge < -0.3 is 5.32 Å². The van der Waals surface area contributed by atoms with Crippen LogP contribution in [0.1, 0.15) is 41.1 Å². The number of aromatic nitrogens is 4. The zero-order valence-corrected chi connectivity index (χ0v) is 18.4. The summed E-state index contributed by atoms with van der Waals surface area (Å²) in [4.78, 5) is 11.5. The molecule has 1 fully saturated rings. The number of nitriles is 1. The minimum absolute atomic E-state index is 0.375. The van der Waals surface area contributed by atoms with Crippen molar-refractivity contribution in [2.24, 2.45) is 0 Å². The van der Waals surface area contributed by atoms with Crippen LogP contribution in [0.15, 0.2) is 61.1 Å². The molecule has 162 valence electrons. The van der Waals surface area contributed by atoms with Crippen LogP contribution in [-0.2, 0) is 13.1 Å². The molecule has 1 aliphatic rings. The third kappa shape index (κ3) is 4.74. The smallest absolute Gasteiger partial charge is 0.150 e. The standard InChI is InChI=1S/C25H24BN7/c26-22-16-30-33-24(29-15-20-2-1-9-28-14-20)12-23(31-25(22)33)21-7-10-32(11-8-21)17-19-5-3-18(13-27)4-6-19/h1-6,9,12,14,16,21,29H,7-8,10-11,15,17H2. The van der Waals surface area contributed by atoms with Crippen LogP contribution in [0, 0.1) is 11.3 Å². The number of hydrogen-bond donors (Lipinski definition) is 1. The molecule has 8 heteroatoms. The molecule has 7 nitrogen and oxygen atoms in total. The highest BCUT2D eigenvalue weighted by atomic mass is 15.3. The van der Waals surface area contributed by atoms with Gasteiger partial charge in [-0.3, -0.25) is 9.88 Å². The van der Waals surface area contributed by atoms with E-state index in [0.29, 0.717) is 29.1 Å². The second kappa shape index (κ2) is 9.43. The van der Waals surface area contributed by atoms with Crippen LogP contribution in [0.3, 0.4) is 0 Å². The van der Waals surface area contributed by atoms with Gasteiger partial charge in [-0.15, -0.1) is 0 Å². The molecule has 0 spiro atoms. The molecule has 0 atom stereocenters. The topological polar surface area (TPSA) is 82.1 Å². The molecule has 0 saturated carbocycles. The SMILES string of the molecule is [B]c1cnn2c(NCc3cccnc3)cc(C3CCN(Cc4ccc(C#N)cc4)CC3)nc12. The van der Waals surface area contributed by atoms with Gasteiger partial charge in [0.1, 0.15) is 19.3 Å². The molecule has 5 rings (SSSR count). The Kier molecular flexibility index (Phi) is 6.05. The summed E-state index contributed by atoms with van der Waals surface area (Å²) in [6.07, 6.45) is 7.36. The van der Waals surface area contributed by atoms with Gasteiger partial charge in [0.05, 0.1) is 11.6 Å². The summed E-state index contributed by atoms with van der Waals surface area (Å²) in [5.41, 5.74) is 5.37. The molecular formula is C25H24BN7. The number of anilines is 1. The van der Waals surface area contributed by atoms with Crippen LogP contribution in [-0.4, -0.2) is 45.4 Å². The Hall–Kier alpha value is -3.70. The van der Waals surface area contributed by atoms with E-state index in [1.165, 1.54) is 5.56 Å². The first-order chi connectivity index (χ1) is 16.2. The Morgan fingerprint density at radius 2 is 1.91 bits per heavy atom. The van der Waals surface area contributed by atoms with Crippen molar-refractivity contribution in [3.63, 3.8) is 0 Å². The van der Waals surface area contributed by atoms with E-state index < -0.39 is 0 Å². The van der Waals surface area contributed by atoms with Crippen LogP contribution in [0.5, 0.6) is 0 Å². The van der Waals surface area contributed by atoms with Crippen LogP contribution in [0.4, 0.5) is 5.82 Å². The van der Waals surface area contributed by atoms with E-state index in [1.54, 1.807) is 16.9 Å². The van der Waals surface area contributed by atoms with Gasteiger partial charge in [-0.1, -0.05) is 18.2 Å². The number of rotatable bonds is 6. The van der Waals surface area contributed by atoms with E-state index in [2.05, 4.69) is 32.4 Å². The molecule has 1 aliphatic heterocycles. The van der Waals surface area contributed by atoms with Crippen LogP contribution in [0.25, 0.3) is 5.65 Å². The highest BCUT2D eigenvalue weighted by Gasteiger charge is 2.23. The summed E-state index contributed by atoms with van der Waals surface area (Å²) >= 11 is 0. The molecule has 33 heavy (non-hydrogen) atoms. The third-order valence-corrected chi connectivity index (χ3v) is 6.21. The first kappa shape index (κ1) is 21.2. The van der Waals surface area contributed by atoms with Gasteiger partial charge in [0.25, 0.3) is 0 Å². The van der Waals surface area contributed by atoms with Gasteiger partial charge in [-0.05, 0) is 60.7 Å². The molecule has 4 aromatic rings. The Morgan fingerprint density at radius 1 is 1.09 bits per heavy atom. The fourth-order valence-corrected chi connectivity index (χ4v) is 4.36. The maximum Gasteiger partial charge on any atom is 0.150 e. The number of nitrogens with zero attached hydrogens (tertiary/aromatic N) is 6. The highest BCUT2D eigenvalue weighted by Crippen LogP contribution is 2.29. The van der Waals surface area contributed by atoms with E-state index in [9.17, 15) is 0 Å². The van der Waals surface area contributed by atoms with Crippen molar-refractivity contribution in [3.8, 4) is 6.07 Å². The van der Waals surface area contributed by atoms with Gasteiger partial charge in [0.15, 0.2) is 0 Å². The Labute approximate surface area is 194 Å². The predicted octanol–water partition coefficient (Wildman–Crippen LogP) is 2.78. The Bertz CT molecular complexity index is 1270. The number of likely N-dealkylation sites (tertiary alicyclic amines) is 1. The Balaban J connectivity index is 1.29. The molecule has 3 aromatic heterocycles. The molecule has 1 N–H and O–H groups in total. The highest BCUT2D eigenvalue weighted by molar-refractivity contribution is 6.36. The molecular weight excluding hydrogens is 409 g/mol. The van der Waals surface area contributed by atoms with Crippen molar-refractivity contribution in [1.82, 2.24) is 24.5 Å². The summed E-state index contributed by atoms with van der Waals surface area (Å²) in [7, 11) is 6.17. The summed E-state index contributed by atoms with van der Waals surface area (Å²) in [5.74, 6) is 1.26. The monoisotopic (exact) mass is 433 g/mol. The van der Waals surface area contributed by atoms with Crippen molar-refractivity contribution in [1.29, 1.82) is 5.26 Å². The lowest BCUT2D eigenvalue weighted by molar-refractivity contribution is 0.203. The summed E-state index contributed by atoms with van der Waals surface area (Å²) in [6.45, 7) is 3.56. The van der Waals surface area contributed by atoms with E-state index in [1.807, 2.05) is 42.6 Å². The number of fused-ring (bicyclic) bond motifs is 1. The maximum atomic E-state index is 8.98. The van der Waals surface area contributed by atoms with Gasteiger partial charge >= 0.3 is 0 Å². The van der Waals surface area contributed by atoms with Crippen LogP contribution in [0.2, 0.25) is 0 Å². The minimum atomic E-state index is 0.375. The molecule has 0 unspecified atom stereocenters. The molecule has 4 heterocycles. The molecule has 1 aromatic carbocycles. The van der Waals surface area contributed by atoms with Crippen molar-refractivity contribution in [2.75, 3.05) is 18.4 Å². The number of pyridine rings is 1. The quantitative estimate of drug-likeness (QED) is 0.471. The van der Waals surface area contributed by atoms with Crippen molar-refractivity contribution < 1.29 is 0 Å². The van der Waals surface area contributed by atoms with Gasteiger partial charge in [-0.25, -0.2) is 4.98 Å². The van der Waals surface area contributed by atoms with Gasteiger partial charge in [0, 0.05) is 49.4 Å². The zero-order chi connectivity index (χ0) is 22.6. The summed E-state index contributed by atoms with van der Waals surface area (Å²) in [5, 5.41) is 16.9. The minimum Gasteiger partial charge on any atom is -0.366 e. The summed E-state index contributed by atoms with van der Waals surface area (Å²) < 4.78 is 1.77. The van der Waals surface area contributed by atoms with E-state index >= 15 is 0 Å². The average Bonchev–Trinajstić information content (AvgIpc) is 3.25. The number of benzene rings is 1. The zero-order valence-electron chi connectivity index (χ0n) is 18.4. The van der Waals surface area contributed by atoms with E-state index in [4.69, 9.17) is 18.1 Å². The number of nitrogens with one attached hydrogen (secondary N) is 1. The van der Waals surface area contributed by atoms with Crippen LogP contribution >= 0.6 is 0 Å².